The van der Waals surface area contributed by atoms with Crippen LogP contribution in [-0.4, -0.2) is 14.6 Å². The van der Waals surface area contributed by atoms with Gasteiger partial charge in [0.25, 0.3) is 5.56 Å². The Bertz CT molecular complexity index is 1540. The fourth-order valence-electron chi connectivity index (χ4n) is 3.03. The van der Waals surface area contributed by atoms with Gasteiger partial charge >= 0.3 is 6.18 Å². The van der Waals surface area contributed by atoms with Crippen LogP contribution < -0.4 is 10.1 Å². The number of hydrogen-bond acceptors (Lipinski definition) is 6. The lowest BCUT2D eigenvalue weighted by Crippen LogP contribution is -2.23. The van der Waals surface area contributed by atoms with Gasteiger partial charge in [0.2, 0.25) is 4.96 Å². The Balaban J connectivity index is 1.44. The fourth-order valence-corrected chi connectivity index (χ4v) is 4.54. The zero-order valence-corrected chi connectivity index (χ0v) is 17.7. The SMILES string of the molecule is O=c1c(=Cc2ccc(-c3cccc(C(F)(F)F)c3)o2)sc2nc(C=Cc3cccs3)nn12. The number of alkyl halides is 3. The monoisotopic (exact) mass is 471 g/mol. The summed E-state index contributed by atoms with van der Waals surface area (Å²) in [5.41, 5.74) is -0.801. The number of furan rings is 1. The van der Waals surface area contributed by atoms with Crippen LogP contribution in [0.2, 0.25) is 0 Å². The highest BCUT2D eigenvalue weighted by Gasteiger charge is 2.30. The number of halogens is 3. The van der Waals surface area contributed by atoms with Crippen LogP contribution in [0.15, 0.2) is 63.1 Å². The minimum absolute atomic E-state index is 0.273. The number of nitrogens with zero attached hydrogens (tertiary/aromatic N) is 3. The van der Waals surface area contributed by atoms with E-state index in [-0.39, 0.29) is 11.3 Å². The molecule has 0 aliphatic heterocycles. The van der Waals surface area contributed by atoms with Gasteiger partial charge in [-0.25, -0.2) is 0 Å². The number of fused-ring (bicyclic) bond motifs is 1. The van der Waals surface area contributed by atoms with Crippen LogP contribution >= 0.6 is 22.7 Å². The lowest BCUT2D eigenvalue weighted by atomic mass is 10.1. The maximum Gasteiger partial charge on any atom is 0.416 e. The topological polar surface area (TPSA) is 60.4 Å². The second-order valence-electron chi connectivity index (χ2n) is 6.71. The highest BCUT2D eigenvalue weighted by molar-refractivity contribution is 7.15. The second kappa shape index (κ2) is 7.88. The van der Waals surface area contributed by atoms with Crippen molar-refractivity contribution in [3.8, 4) is 11.3 Å². The molecule has 0 N–H and O–H groups in total. The highest BCUT2D eigenvalue weighted by atomic mass is 32.1. The summed E-state index contributed by atoms with van der Waals surface area (Å²) >= 11 is 2.74. The van der Waals surface area contributed by atoms with E-state index in [4.69, 9.17) is 4.42 Å². The van der Waals surface area contributed by atoms with Crippen molar-refractivity contribution in [3.05, 3.63) is 90.8 Å². The van der Waals surface area contributed by atoms with Crippen LogP contribution in [0.4, 0.5) is 13.2 Å². The van der Waals surface area contributed by atoms with Gasteiger partial charge in [-0.1, -0.05) is 29.5 Å². The number of thiophene rings is 1. The normalized spacial score (nSPS) is 13.0. The Labute approximate surface area is 186 Å². The van der Waals surface area contributed by atoms with Crippen molar-refractivity contribution in [1.29, 1.82) is 0 Å². The molecular formula is C22H12F3N3O2S2. The summed E-state index contributed by atoms with van der Waals surface area (Å²) in [6, 6.07) is 11.9. The molecule has 0 radical (unpaired) electrons. The smallest absolute Gasteiger partial charge is 0.416 e. The van der Waals surface area contributed by atoms with E-state index in [9.17, 15) is 18.0 Å². The average molecular weight is 471 g/mol. The Morgan fingerprint density at radius 2 is 1.94 bits per heavy atom. The lowest BCUT2D eigenvalue weighted by Gasteiger charge is -2.07. The summed E-state index contributed by atoms with van der Waals surface area (Å²) < 4.78 is 46.1. The van der Waals surface area contributed by atoms with Crippen molar-refractivity contribution < 1.29 is 17.6 Å². The van der Waals surface area contributed by atoms with Gasteiger partial charge < -0.3 is 4.42 Å². The van der Waals surface area contributed by atoms with E-state index < -0.39 is 11.7 Å². The van der Waals surface area contributed by atoms with Gasteiger partial charge in [0.05, 0.1) is 5.56 Å². The fraction of sp³-hybridized carbons (Fsp3) is 0.0455. The van der Waals surface area contributed by atoms with E-state index in [1.165, 1.54) is 22.7 Å². The zero-order chi connectivity index (χ0) is 22.3. The molecule has 1 aromatic carbocycles. The average Bonchev–Trinajstić information content (AvgIpc) is 3.54. The molecule has 0 spiro atoms. The highest BCUT2D eigenvalue weighted by Crippen LogP contribution is 2.32. The molecule has 0 atom stereocenters. The predicted molar refractivity (Wildman–Crippen MR) is 118 cm³/mol. The molecule has 0 unspecified atom stereocenters. The molecular weight excluding hydrogens is 459 g/mol. The number of thiazole rings is 1. The Hall–Kier alpha value is -3.50. The predicted octanol–water partition coefficient (Wildman–Crippen LogP) is 5.21. The van der Waals surface area contributed by atoms with Crippen molar-refractivity contribution >= 4 is 45.9 Å². The van der Waals surface area contributed by atoms with Gasteiger partial charge in [0, 0.05) is 16.5 Å². The van der Waals surface area contributed by atoms with E-state index >= 15 is 0 Å². The molecule has 0 saturated carbocycles. The maximum absolute atomic E-state index is 13.0. The summed E-state index contributed by atoms with van der Waals surface area (Å²) in [5.74, 6) is 1.05. The van der Waals surface area contributed by atoms with Crippen LogP contribution in [0.5, 0.6) is 0 Å². The molecule has 5 nitrogen and oxygen atoms in total. The van der Waals surface area contributed by atoms with Crippen molar-refractivity contribution in [2.75, 3.05) is 0 Å². The molecule has 5 rings (SSSR count). The van der Waals surface area contributed by atoms with E-state index in [0.29, 0.717) is 26.6 Å². The van der Waals surface area contributed by atoms with Gasteiger partial charge in [0.1, 0.15) is 16.1 Å². The van der Waals surface area contributed by atoms with E-state index in [1.807, 2.05) is 23.6 Å². The molecule has 0 fully saturated rings. The molecule has 0 aliphatic rings. The van der Waals surface area contributed by atoms with Crippen LogP contribution in [-0.2, 0) is 6.18 Å². The molecule has 160 valence electrons. The maximum atomic E-state index is 13.0. The third kappa shape index (κ3) is 4.02. The Morgan fingerprint density at radius 3 is 2.69 bits per heavy atom. The number of hydrogen-bond donors (Lipinski definition) is 0. The van der Waals surface area contributed by atoms with E-state index in [1.54, 1.807) is 29.5 Å². The summed E-state index contributed by atoms with van der Waals surface area (Å²) in [5, 5.41) is 6.19. The molecule has 0 bridgehead atoms. The number of aromatic nitrogens is 3. The van der Waals surface area contributed by atoms with Crippen molar-refractivity contribution in [2.45, 2.75) is 6.18 Å². The van der Waals surface area contributed by atoms with Gasteiger partial charge in [-0.2, -0.15) is 22.7 Å². The molecule has 4 aromatic heterocycles. The lowest BCUT2D eigenvalue weighted by molar-refractivity contribution is -0.137. The summed E-state index contributed by atoms with van der Waals surface area (Å²) in [6.45, 7) is 0. The molecule has 5 aromatic rings. The van der Waals surface area contributed by atoms with Crippen molar-refractivity contribution in [2.24, 2.45) is 0 Å². The summed E-state index contributed by atoms with van der Waals surface area (Å²) in [4.78, 5) is 18.5. The number of rotatable bonds is 4. The molecule has 4 heterocycles. The van der Waals surface area contributed by atoms with Gasteiger partial charge in [-0.3, -0.25) is 4.79 Å². The number of benzene rings is 1. The standard InChI is InChI=1S/C22H12F3N3O2S2/c23-22(24,25)14-4-1-3-13(11-14)17-8-6-15(30-17)12-18-20(29)28-21(32-18)26-19(27-28)9-7-16-5-2-10-31-16/h1-12H. The van der Waals surface area contributed by atoms with Crippen molar-refractivity contribution in [1.82, 2.24) is 14.6 Å². The van der Waals surface area contributed by atoms with Crippen LogP contribution in [0.1, 0.15) is 22.0 Å². The van der Waals surface area contributed by atoms with E-state index in [0.717, 1.165) is 28.3 Å². The first-order valence-electron chi connectivity index (χ1n) is 9.27. The Kier molecular flexibility index (Phi) is 5.03. The first-order valence-corrected chi connectivity index (χ1v) is 11.0. The first-order chi connectivity index (χ1) is 15.4. The zero-order valence-electron chi connectivity index (χ0n) is 16.0. The van der Waals surface area contributed by atoms with Gasteiger partial charge in [-0.15, -0.1) is 16.4 Å². The summed E-state index contributed by atoms with van der Waals surface area (Å²) in [7, 11) is 0. The van der Waals surface area contributed by atoms with Crippen LogP contribution in [0.3, 0.4) is 0 Å². The largest absolute Gasteiger partial charge is 0.457 e. The molecule has 0 saturated heterocycles. The minimum atomic E-state index is -4.44. The molecule has 10 heteroatoms. The third-order valence-electron chi connectivity index (χ3n) is 4.51. The quantitative estimate of drug-likeness (QED) is 0.361. The second-order valence-corrected chi connectivity index (χ2v) is 8.70. The first kappa shape index (κ1) is 20.4. The molecule has 0 amide bonds. The van der Waals surface area contributed by atoms with Gasteiger partial charge in [0.15, 0.2) is 5.82 Å². The van der Waals surface area contributed by atoms with Crippen LogP contribution in [0, 0.1) is 0 Å². The summed E-state index contributed by atoms with van der Waals surface area (Å²) in [6.07, 6.45) is 0.704. The van der Waals surface area contributed by atoms with Crippen molar-refractivity contribution in [3.63, 3.8) is 0 Å². The minimum Gasteiger partial charge on any atom is -0.457 e. The van der Waals surface area contributed by atoms with Crippen LogP contribution in [0.25, 0.3) is 34.5 Å². The Morgan fingerprint density at radius 1 is 1.06 bits per heavy atom. The molecule has 32 heavy (non-hydrogen) atoms. The van der Waals surface area contributed by atoms with E-state index in [2.05, 4.69) is 10.1 Å². The van der Waals surface area contributed by atoms with Gasteiger partial charge in [-0.05, 0) is 47.9 Å². The third-order valence-corrected chi connectivity index (χ3v) is 6.31. The molecule has 0 aliphatic carbocycles.